The number of nitrogens with zero attached hydrogens (tertiary/aromatic N) is 2. The van der Waals surface area contributed by atoms with Crippen LogP contribution in [0.1, 0.15) is 76.7 Å². The van der Waals surface area contributed by atoms with Gasteiger partial charge < -0.3 is 20.4 Å². The first-order valence-corrected chi connectivity index (χ1v) is 14.8. The van der Waals surface area contributed by atoms with Crippen molar-refractivity contribution in [3.63, 3.8) is 0 Å². The number of carbonyl (C=O) groups excluding carboxylic acids is 2. The molecular formula is C32H44ClN3O4. The molecular weight excluding hydrogens is 526 g/mol. The molecule has 1 atom stereocenters. The zero-order chi connectivity index (χ0) is 27.5. The number of likely N-dealkylation sites (tertiary alicyclic amines) is 1. The molecule has 3 N–H and O–H groups in total. The number of phenols is 1. The second kappa shape index (κ2) is 12.9. The van der Waals surface area contributed by atoms with Crippen molar-refractivity contribution in [2.24, 2.45) is 0 Å². The summed E-state index contributed by atoms with van der Waals surface area (Å²) >= 11 is 0. The second-order valence-electron chi connectivity index (χ2n) is 11.9. The molecule has 2 heterocycles. The van der Waals surface area contributed by atoms with Crippen molar-refractivity contribution in [3.05, 3.63) is 54.1 Å². The minimum absolute atomic E-state index is 0. The first kappa shape index (κ1) is 30.4. The SMILES string of the molecule is CCCCN1C(=O)[C@@H](CC2(O)CCCCC2)NC(=O)C12CCN(Cc1cccc(-c3ccc(O)cc3)c1)CC2.Cl. The normalized spacial score (nSPS) is 22.6. The zero-order valence-electron chi connectivity index (χ0n) is 23.6. The van der Waals surface area contributed by atoms with Crippen LogP contribution in [0.25, 0.3) is 11.1 Å². The summed E-state index contributed by atoms with van der Waals surface area (Å²) in [6.45, 7) is 4.95. The molecule has 2 aromatic rings. The average molecular weight is 570 g/mol. The maximum absolute atomic E-state index is 13.8. The van der Waals surface area contributed by atoms with Crippen molar-refractivity contribution in [2.75, 3.05) is 19.6 Å². The Morgan fingerprint density at radius 3 is 2.33 bits per heavy atom. The molecule has 3 aliphatic rings. The summed E-state index contributed by atoms with van der Waals surface area (Å²) in [7, 11) is 0. The molecule has 2 aliphatic heterocycles. The lowest BCUT2D eigenvalue weighted by Gasteiger charge is -2.52. The number of halogens is 1. The van der Waals surface area contributed by atoms with Crippen LogP contribution >= 0.6 is 12.4 Å². The van der Waals surface area contributed by atoms with Crippen LogP contribution in [-0.2, 0) is 16.1 Å². The van der Waals surface area contributed by atoms with Crippen LogP contribution in [-0.4, -0.2) is 68.6 Å². The number of piperidine rings is 1. The number of unbranched alkanes of at least 4 members (excludes halogenated alkanes) is 1. The zero-order valence-corrected chi connectivity index (χ0v) is 24.4. The predicted molar refractivity (Wildman–Crippen MR) is 159 cm³/mol. The summed E-state index contributed by atoms with van der Waals surface area (Å²) in [5.41, 5.74) is 1.70. The number of nitrogens with one attached hydrogen (secondary N) is 1. The number of benzene rings is 2. The number of aliphatic hydroxyl groups is 1. The van der Waals surface area contributed by atoms with Gasteiger partial charge in [-0.3, -0.25) is 14.5 Å². The summed E-state index contributed by atoms with van der Waals surface area (Å²) in [5, 5.41) is 23.8. The van der Waals surface area contributed by atoms with E-state index in [9.17, 15) is 19.8 Å². The molecule has 1 aliphatic carbocycles. The fourth-order valence-electron chi connectivity index (χ4n) is 6.79. The third kappa shape index (κ3) is 6.48. The largest absolute Gasteiger partial charge is 0.508 e. The van der Waals surface area contributed by atoms with Gasteiger partial charge in [-0.15, -0.1) is 12.4 Å². The third-order valence-electron chi connectivity index (χ3n) is 9.13. The lowest BCUT2D eigenvalue weighted by molar-refractivity contribution is -0.163. The monoisotopic (exact) mass is 569 g/mol. The van der Waals surface area contributed by atoms with Crippen LogP contribution in [0.3, 0.4) is 0 Å². The summed E-state index contributed by atoms with van der Waals surface area (Å²) in [5.74, 6) is 0.195. The number of aromatic hydroxyl groups is 1. The molecule has 2 amide bonds. The van der Waals surface area contributed by atoms with Gasteiger partial charge >= 0.3 is 0 Å². The van der Waals surface area contributed by atoms with E-state index in [2.05, 4.69) is 41.4 Å². The maximum Gasteiger partial charge on any atom is 0.246 e. The maximum atomic E-state index is 13.8. The van der Waals surface area contributed by atoms with Gasteiger partial charge in [-0.1, -0.05) is 62.9 Å². The van der Waals surface area contributed by atoms with Crippen LogP contribution < -0.4 is 5.32 Å². The topological polar surface area (TPSA) is 93.1 Å². The van der Waals surface area contributed by atoms with Crippen molar-refractivity contribution in [2.45, 2.75) is 94.9 Å². The standard InChI is InChI=1S/C32H43N3O4.ClH/c1-2-3-18-35-29(37)28(22-31(39)14-5-4-6-15-31)33-30(38)32(35)16-19-34(20-17-32)23-24-8-7-9-26(21-24)25-10-12-27(36)13-11-25;/h7-13,21,28,36,39H,2-6,14-20,22-23H2,1H3,(H,33,38);1H/t28-;/m1./s1. The first-order valence-electron chi connectivity index (χ1n) is 14.8. The number of rotatable bonds is 8. The van der Waals surface area contributed by atoms with Crippen LogP contribution in [0.15, 0.2) is 48.5 Å². The van der Waals surface area contributed by atoms with Gasteiger partial charge in [-0.05, 0) is 67.0 Å². The molecule has 2 aromatic carbocycles. The Hall–Kier alpha value is -2.61. The van der Waals surface area contributed by atoms with Gasteiger partial charge in [0.2, 0.25) is 11.8 Å². The van der Waals surface area contributed by atoms with E-state index in [-0.39, 0.29) is 30.0 Å². The van der Waals surface area contributed by atoms with E-state index in [1.54, 1.807) is 12.1 Å². The molecule has 0 aromatic heterocycles. The van der Waals surface area contributed by atoms with Gasteiger partial charge in [-0.25, -0.2) is 0 Å². The van der Waals surface area contributed by atoms with Crippen molar-refractivity contribution in [3.8, 4) is 16.9 Å². The van der Waals surface area contributed by atoms with Gasteiger partial charge in [0.25, 0.3) is 0 Å². The van der Waals surface area contributed by atoms with Crippen molar-refractivity contribution in [1.82, 2.24) is 15.1 Å². The Labute approximate surface area is 244 Å². The molecule has 218 valence electrons. The van der Waals surface area contributed by atoms with E-state index in [4.69, 9.17) is 0 Å². The van der Waals surface area contributed by atoms with Gasteiger partial charge in [-0.2, -0.15) is 0 Å². The number of carbonyl (C=O) groups is 2. The molecule has 1 saturated carbocycles. The van der Waals surface area contributed by atoms with E-state index in [0.717, 1.165) is 62.9 Å². The number of hydrogen-bond acceptors (Lipinski definition) is 5. The fourth-order valence-corrected chi connectivity index (χ4v) is 6.79. The molecule has 0 radical (unpaired) electrons. The number of phenolic OH excluding ortho intramolecular Hbond substituents is 1. The van der Waals surface area contributed by atoms with Crippen molar-refractivity contribution < 1.29 is 19.8 Å². The smallest absolute Gasteiger partial charge is 0.246 e. The van der Waals surface area contributed by atoms with E-state index in [1.165, 1.54) is 5.56 Å². The van der Waals surface area contributed by atoms with Gasteiger partial charge in [0, 0.05) is 32.6 Å². The Balaban J connectivity index is 0.00000370. The van der Waals surface area contributed by atoms with E-state index < -0.39 is 17.2 Å². The van der Waals surface area contributed by atoms with Crippen LogP contribution in [0.4, 0.5) is 0 Å². The summed E-state index contributed by atoms with van der Waals surface area (Å²) in [4.78, 5) is 31.8. The lowest BCUT2D eigenvalue weighted by Crippen LogP contribution is -2.73. The Bertz CT molecular complexity index is 1160. The van der Waals surface area contributed by atoms with Crippen molar-refractivity contribution >= 4 is 24.2 Å². The highest BCUT2D eigenvalue weighted by atomic mass is 35.5. The molecule has 0 bridgehead atoms. The van der Waals surface area contributed by atoms with Crippen molar-refractivity contribution in [1.29, 1.82) is 0 Å². The molecule has 0 unspecified atom stereocenters. The predicted octanol–water partition coefficient (Wildman–Crippen LogP) is 5.03. The average Bonchev–Trinajstić information content (AvgIpc) is 2.94. The van der Waals surface area contributed by atoms with Crippen LogP contribution in [0.2, 0.25) is 0 Å². The minimum atomic E-state index is -0.856. The Kier molecular flexibility index (Phi) is 9.80. The Morgan fingerprint density at radius 2 is 1.65 bits per heavy atom. The van der Waals surface area contributed by atoms with Crippen LogP contribution in [0.5, 0.6) is 5.75 Å². The molecule has 5 rings (SSSR count). The van der Waals surface area contributed by atoms with E-state index in [0.29, 0.717) is 38.6 Å². The number of hydrogen-bond donors (Lipinski definition) is 3. The first-order chi connectivity index (χ1) is 18.8. The number of piperazine rings is 1. The Morgan fingerprint density at radius 1 is 0.950 bits per heavy atom. The molecule has 3 fully saturated rings. The van der Waals surface area contributed by atoms with E-state index >= 15 is 0 Å². The lowest BCUT2D eigenvalue weighted by atomic mass is 9.77. The molecule has 2 saturated heterocycles. The summed E-state index contributed by atoms with van der Waals surface area (Å²) < 4.78 is 0. The van der Waals surface area contributed by atoms with Gasteiger partial charge in [0.15, 0.2) is 0 Å². The van der Waals surface area contributed by atoms with E-state index in [1.807, 2.05) is 17.0 Å². The highest BCUT2D eigenvalue weighted by Crippen LogP contribution is 2.38. The number of amides is 2. The summed E-state index contributed by atoms with van der Waals surface area (Å²) in [6.07, 6.45) is 7.85. The van der Waals surface area contributed by atoms with Crippen LogP contribution in [0, 0.1) is 0 Å². The molecule has 1 spiro atoms. The highest BCUT2D eigenvalue weighted by Gasteiger charge is 2.54. The van der Waals surface area contributed by atoms with Gasteiger partial charge in [0.05, 0.1) is 5.60 Å². The van der Waals surface area contributed by atoms with Gasteiger partial charge in [0.1, 0.15) is 17.3 Å². The second-order valence-corrected chi connectivity index (χ2v) is 11.9. The highest BCUT2D eigenvalue weighted by molar-refractivity contribution is 6.00. The molecule has 40 heavy (non-hydrogen) atoms. The fraction of sp³-hybridized carbons (Fsp3) is 0.562. The molecule has 7 nitrogen and oxygen atoms in total. The molecule has 8 heteroatoms. The third-order valence-corrected chi connectivity index (χ3v) is 9.13. The quantitative estimate of drug-likeness (QED) is 0.415. The summed E-state index contributed by atoms with van der Waals surface area (Å²) in [6, 6.07) is 15.0. The minimum Gasteiger partial charge on any atom is -0.508 e.